The van der Waals surface area contributed by atoms with E-state index in [0.717, 1.165) is 22.3 Å². The first-order chi connectivity index (χ1) is 13.7. The van der Waals surface area contributed by atoms with Gasteiger partial charge in [0.05, 0.1) is 12.3 Å². The molecule has 4 rings (SSSR count). The van der Waals surface area contributed by atoms with Crippen molar-refractivity contribution in [2.75, 3.05) is 11.9 Å². The van der Waals surface area contributed by atoms with Gasteiger partial charge in [-0.25, -0.2) is 9.78 Å². The molecule has 0 aliphatic carbocycles. The predicted molar refractivity (Wildman–Crippen MR) is 108 cm³/mol. The standard InChI is InChI=1S/C21H16N2O4S/c1-2-26-20(25)18-17(13-8-4-3-5-9-13)22-21(28-18)23-19(24)16-12-14-10-6-7-11-15(14)27-16/h3-12H,2H2,1H3,(H,22,23,24). The lowest BCUT2D eigenvalue weighted by Crippen LogP contribution is -2.10. The third-order valence-electron chi connectivity index (χ3n) is 4.00. The van der Waals surface area contributed by atoms with E-state index in [9.17, 15) is 9.59 Å². The number of rotatable bonds is 5. The van der Waals surface area contributed by atoms with Crippen molar-refractivity contribution < 1.29 is 18.7 Å². The maximum atomic E-state index is 12.6. The van der Waals surface area contributed by atoms with Crippen LogP contribution in [-0.2, 0) is 4.74 Å². The zero-order chi connectivity index (χ0) is 19.5. The first-order valence-corrected chi connectivity index (χ1v) is 9.50. The zero-order valence-electron chi connectivity index (χ0n) is 15.0. The van der Waals surface area contributed by atoms with Crippen LogP contribution in [0.15, 0.2) is 65.1 Å². The van der Waals surface area contributed by atoms with Crippen molar-refractivity contribution >= 4 is 39.3 Å². The number of aromatic nitrogens is 1. The third-order valence-corrected chi connectivity index (χ3v) is 4.96. The van der Waals surface area contributed by atoms with Crippen LogP contribution < -0.4 is 5.32 Å². The predicted octanol–water partition coefficient (Wildman–Crippen LogP) is 4.99. The molecule has 2 aromatic carbocycles. The van der Waals surface area contributed by atoms with E-state index in [1.807, 2.05) is 48.5 Å². The number of nitrogens with zero attached hydrogens (tertiary/aromatic N) is 1. The minimum atomic E-state index is -0.469. The fourth-order valence-electron chi connectivity index (χ4n) is 2.75. The molecule has 140 valence electrons. The maximum Gasteiger partial charge on any atom is 0.350 e. The van der Waals surface area contributed by atoms with E-state index in [2.05, 4.69) is 10.3 Å². The lowest BCUT2D eigenvalue weighted by molar-refractivity contribution is 0.0532. The summed E-state index contributed by atoms with van der Waals surface area (Å²) < 4.78 is 10.7. The third kappa shape index (κ3) is 3.52. The van der Waals surface area contributed by atoms with E-state index in [1.54, 1.807) is 19.1 Å². The first kappa shape index (κ1) is 17.9. The molecule has 2 aromatic heterocycles. The highest BCUT2D eigenvalue weighted by Crippen LogP contribution is 2.32. The summed E-state index contributed by atoms with van der Waals surface area (Å²) in [6.07, 6.45) is 0. The molecule has 0 unspecified atom stereocenters. The normalized spacial score (nSPS) is 10.8. The van der Waals surface area contributed by atoms with E-state index < -0.39 is 11.9 Å². The minimum Gasteiger partial charge on any atom is -0.462 e. The average Bonchev–Trinajstić information content (AvgIpc) is 3.33. The number of esters is 1. The lowest BCUT2D eigenvalue weighted by atomic mass is 10.1. The van der Waals surface area contributed by atoms with E-state index >= 15 is 0 Å². The number of ether oxygens (including phenoxy) is 1. The van der Waals surface area contributed by atoms with E-state index in [4.69, 9.17) is 9.15 Å². The molecule has 2 heterocycles. The molecule has 28 heavy (non-hydrogen) atoms. The number of para-hydroxylation sites is 1. The second kappa shape index (κ2) is 7.66. The summed E-state index contributed by atoms with van der Waals surface area (Å²) in [5.74, 6) is -0.724. The number of hydrogen-bond donors (Lipinski definition) is 1. The number of benzene rings is 2. The summed E-state index contributed by atoms with van der Waals surface area (Å²) in [7, 11) is 0. The Morgan fingerprint density at radius 1 is 1.11 bits per heavy atom. The largest absolute Gasteiger partial charge is 0.462 e. The molecule has 0 spiro atoms. The molecule has 0 fully saturated rings. The Labute approximate surface area is 164 Å². The Kier molecular flexibility index (Phi) is 4.90. The van der Waals surface area contributed by atoms with Crippen LogP contribution >= 0.6 is 11.3 Å². The van der Waals surface area contributed by atoms with Gasteiger partial charge in [0.15, 0.2) is 10.9 Å². The Bertz CT molecular complexity index is 1110. The molecule has 6 nitrogen and oxygen atoms in total. The van der Waals surface area contributed by atoms with Crippen LogP contribution in [0.4, 0.5) is 5.13 Å². The highest BCUT2D eigenvalue weighted by Gasteiger charge is 2.22. The van der Waals surface area contributed by atoms with Gasteiger partial charge in [-0.05, 0) is 19.1 Å². The SMILES string of the molecule is CCOC(=O)c1sc(NC(=O)c2cc3ccccc3o2)nc1-c1ccccc1. The van der Waals surface area contributed by atoms with Gasteiger partial charge in [0.1, 0.15) is 10.5 Å². The number of carbonyl (C=O) groups is 2. The molecule has 0 atom stereocenters. The number of fused-ring (bicyclic) bond motifs is 1. The van der Waals surface area contributed by atoms with Crippen LogP contribution in [0.25, 0.3) is 22.2 Å². The molecule has 0 saturated heterocycles. The quantitative estimate of drug-likeness (QED) is 0.484. The number of thiazole rings is 1. The molecule has 0 aliphatic heterocycles. The number of amides is 1. The van der Waals surface area contributed by atoms with Crippen molar-refractivity contribution in [3.63, 3.8) is 0 Å². The van der Waals surface area contributed by atoms with Crippen molar-refractivity contribution in [3.8, 4) is 11.3 Å². The van der Waals surface area contributed by atoms with Gasteiger partial charge in [0, 0.05) is 10.9 Å². The lowest BCUT2D eigenvalue weighted by Gasteiger charge is -2.01. The minimum absolute atomic E-state index is 0.176. The molecule has 0 bridgehead atoms. The number of anilines is 1. The molecule has 0 radical (unpaired) electrons. The van der Waals surface area contributed by atoms with Crippen molar-refractivity contribution in [2.45, 2.75) is 6.92 Å². The number of hydrogen-bond acceptors (Lipinski definition) is 6. The average molecular weight is 392 g/mol. The van der Waals surface area contributed by atoms with Crippen LogP contribution in [0.3, 0.4) is 0 Å². The van der Waals surface area contributed by atoms with Gasteiger partial charge in [0.25, 0.3) is 5.91 Å². The maximum absolute atomic E-state index is 12.6. The Morgan fingerprint density at radius 2 is 1.86 bits per heavy atom. The van der Waals surface area contributed by atoms with Crippen LogP contribution in [0.1, 0.15) is 27.2 Å². The summed E-state index contributed by atoms with van der Waals surface area (Å²) >= 11 is 1.07. The van der Waals surface area contributed by atoms with Gasteiger partial charge in [0.2, 0.25) is 0 Å². The summed E-state index contributed by atoms with van der Waals surface area (Å²) in [5, 5.41) is 3.85. The molecule has 7 heteroatoms. The molecule has 4 aromatic rings. The van der Waals surface area contributed by atoms with Crippen molar-refractivity contribution in [3.05, 3.63) is 71.3 Å². The number of nitrogens with one attached hydrogen (secondary N) is 1. The molecular formula is C21H16N2O4S. The summed E-state index contributed by atoms with van der Waals surface area (Å²) in [6, 6.07) is 18.3. The fourth-order valence-corrected chi connectivity index (χ4v) is 3.63. The second-order valence-electron chi connectivity index (χ2n) is 5.89. The summed E-state index contributed by atoms with van der Waals surface area (Å²) in [5.41, 5.74) is 1.87. The van der Waals surface area contributed by atoms with E-state index in [-0.39, 0.29) is 12.4 Å². The number of carbonyl (C=O) groups excluding carboxylic acids is 2. The molecular weight excluding hydrogens is 376 g/mol. The second-order valence-corrected chi connectivity index (χ2v) is 6.88. The van der Waals surface area contributed by atoms with Crippen molar-refractivity contribution in [1.82, 2.24) is 4.98 Å². The van der Waals surface area contributed by atoms with Crippen LogP contribution in [0.5, 0.6) is 0 Å². The monoisotopic (exact) mass is 392 g/mol. The highest BCUT2D eigenvalue weighted by molar-refractivity contribution is 7.18. The molecule has 0 saturated carbocycles. The Balaban J connectivity index is 1.65. The van der Waals surface area contributed by atoms with E-state index in [1.165, 1.54) is 0 Å². The number of furan rings is 1. The Hall–Kier alpha value is -3.45. The van der Waals surface area contributed by atoms with E-state index in [0.29, 0.717) is 21.3 Å². The summed E-state index contributed by atoms with van der Waals surface area (Å²) in [6.45, 7) is 2.00. The van der Waals surface area contributed by atoms with Crippen molar-refractivity contribution in [1.29, 1.82) is 0 Å². The first-order valence-electron chi connectivity index (χ1n) is 8.69. The van der Waals surface area contributed by atoms with Gasteiger partial charge in [-0.2, -0.15) is 0 Å². The van der Waals surface area contributed by atoms with Crippen LogP contribution in [0, 0.1) is 0 Å². The zero-order valence-corrected chi connectivity index (χ0v) is 15.8. The van der Waals surface area contributed by atoms with Crippen molar-refractivity contribution in [2.24, 2.45) is 0 Å². The highest BCUT2D eigenvalue weighted by atomic mass is 32.1. The van der Waals surface area contributed by atoms with Gasteiger partial charge in [-0.3, -0.25) is 10.1 Å². The fraction of sp³-hybridized carbons (Fsp3) is 0.0952. The van der Waals surface area contributed by atoms with Crippen LogP contribution in [-0.4, -0.2) is 23.5 Å². The molecule has 1 N–H and O–H groups in total. The molecule has 1 amide bonds. The summed E-state index contributed by atoms with van der Waals surface area (Å²) in [4.78, 5) is 29.7. The molecule has 0 aliphatic rings. The Morgan fingerprint density at radius 3 is 2.61 bits per heavy atom. The van der Waals surface area contributed by atoms with Gasteiger partial charge >= 0.3 is 5.97 Å². The van der Waals surface area contributed by atoms with Gasteiger partial charge in [-0.15, -0.1) is 0 Å². The van der Waals surface area contributed by atoms with Crippen LogP contribution in [0.2, 0.25) is 0 Å². The smallest absolute Gasteiger partial charge is 0.350 e. The topological polar surface area (TPSA) is 81.4 Å². The van der Waals surface area contributed by atoms with Gasteiger partial charge < -0.3 is 9.15 Å². The van der Waals surface area contributed by atoms with Gasteiger partial charge in [-0.1, -0.05) is 59.9 Å².